The summed E-state index contributed by atoms with van der Waals surface area (Å²) in [6, 6.07) is 14.7. The Morgan fingerprint density at radius 1 is 1.08 bits per heavy atom. The van der Waals surface area contributed by atoms with Crippen molar-refractivity contribution in [1.82, 2.24) is 0 Å². The van der Waals surface area contributed by atoms with Crippen LogP contribution in [0.3, 0.4) is 0 Å². The molecular formula is C19H23NO3S. The van der Waals surface area contributed by atoms with Crippen molar-refractivity contribution in [3.63, 3.8) is 0 Å². The first-order valence-corrected chi connectivity index (χ1v) is 9.98. The molecule has 1 N–H and O–H groups in total. The summed E-state index contributed by atoms with van der Waals surface area (Å²) < 4.78 is 33.1. The average molecular weight is 345 g/mol. The van der Waals surface area contributed by atoms with Crippen LogP contribution in [0, 0.1) is 6.92 Å². The Labute approximate surface area is 143 Å². The van der Waals surface area contributed by atoms with Crippen LogP contribution in [0.5, 0.6) is 5.75 Å². The van der Waals surface area contributed by atoms with Crippen LogP contribution < -0.4 is 9.46 Å². The maximum absolute atomic E-state index is 12.3. The first-order chi connectivity index (χ1) is 11.5. The largest absolute Gasteiger partial charge is 0.490 e. The lowest BCUT2D eigenvalue weighted by atomic mass is 10.2. The molecular weight excluding hydrogens is 322 g/mol. The van der Waals surface area contributed by atoms with Gasteiger partial charge in [-0.3, -0.25) is 4.72 Å². The van der Waals surface area contributed by atoms with Gasteiger partial charge in [0.05, 0.1) is 11.9 Å². The maximum atomic E-state index is 12.3. The molecule has 2 aromatic carbocycles. The first kappa shape index (κ1) is 16.8. The van der Waals surface area contributed by atoms with Gasteiger partial charge in [-0.2, -0.15) is 0 Å². The van der Waals surface area contributed by atoms with Gasteiger partial charge in [-0.15, -0.1) is 0 Å². The zero-order valence-corrected chi connectivity index (χ0v) is 14.7. The normalized spacial score (nSPS) is 15.4. The second-order valence-corrected chi connectivity index (χ2v) is 8.12. The highest BCUT2D eigenvalue weighted by Crippen LogP contribution is 2.25. The number of nitrogens with one attached hydrogen (secondary N) is 1. The van der Waals surface area contributed by atoms with Gasteiger partial charge < -0.3 is 4.74 Å². The van der Waals surface area contributed by atoms with Gasteiger partial charge in [0.2, 0.25) is 10.0 Å². The highest BCUT2D eigenvalue weighted by atomic mass is 32.2. The van der Waals surface area contributed by atoms with Gasteiger partial charge in [-0.1, -0.05) is 29.8 Å². The number of rotatable bonds is 6. The van der Waals surface area contributed by atoms with Gasteiger partial charge in [0.15, 0.2) is 0 Å². The van der Waals surface area contributed by atoms with Crippen LogP contribution in [0.2, 0.25) is 0 Å². The van der Waals surface area contributed by atoms with E-state index in [-0.39, 0.29) is 5.75 Å². The topological polar surface area (TPSA) is 55.4 Å². The van der Waals surface area contributed by atoms with Crippen molar-refractivity contribution in [2.45, 2.75) is 44.5 Å². The van der Waals surface area contributed by atoms with Gasteiger partial charge in [-0.05, 0) is 62.4 Å². The van der Waals surface area contributed by atoms with Crippen molar-refractivity contribution in [2.75, 3.05) is 4.72 Å². The summed E-state index contributed by atoms with van der Waals surface area (Å²) in [5, 5.41) is 0. The standard InChI is InChI=1S/C19H23NO3S/c1-15-5-4-6-16(13-15)14-24(21,22)20-17-9-11-19(12-10-17)23-18-7-2-3-8-18/h4-6,9-13,18,20H,2-3,7-8,14H2,1H3. The van der Waals surface area contributed by atoms with E-state index in [4.69, 9.17) is 4.74 Å². The second kappa shape index (κ2) is 7.26. The smallest absolute Gasteiger partial charge is 0.236 e. The molecule has 1 aliphatic carbocycles. The summed E-state index contributed by atoms with van der Waals surface area (Å²) in [6.45, 7) is 1.95. The lowest BCUT2D eigenvalue weighted by Gasteiger charge is -2.14. The lowest BCUT2D eigenvalue weighted by Crippen LogP contribution is -2.15. The zero-order valence-electron chi connectivity index (χ0n) is 13.9. The Morgan fingerprint density at radius 2 is 1.79 bits per heavy atom. The Balaban J connectivity index is 1.61. The average Bonchev–Trinajstić information content (AvgIpc) is 3.01. The molecule has 4 nitrogen and oxygen atoms in total. The molecule has 0 atom stereocenters. The van der Waals surface area contributed by atoms with E-state index in [1.807, 2.05) is 43.3 Å². The first-order valence-electron chi connectivity index (χ1n) is 8.33. The molecule has 0 saturated heterocycles. The highest BCUT2D eigenvalue weighted by Gasteiger charge is 2.16. The summed E-state index contributed by atoms with van der Waals surface area (Å²) in [4.78, 5) is 0. The third-order valence-electron chi connectivity index (χ3n) is 4.17. The van der Waals surface area contributed by atoms with E-state index in [0.29, 0.717) is 11.8 Å². The summed E-state index contributed by atoms with van der Waals surface area (Å²) in [5.74, 6) is 0.762. The van der Waals surface area contributed by atoms with E-state index in [9.17, 15) is 8.42 Å². The molecule has 0 spiro atoms. The molecule has 1 fully saturated rings. The molecule has 1 aliphatic rings. The monoisotopic (exact) mass is 345 g/mol. The van der Waals surface area contributed by atoms with E-state index in [0.717, 1.165) is 29.7 Å². The second-order valence-electron chi connectivity index (χ2n) is 6.40. The Hall–Kier alpha value is -2.01. The number of hydrogen-bond acceptors (Lipinski definition) is 3. The van der Waals surface area contributed by atoms with Crippen LogP contribution >= 0.6 is 0 Å². The van der Waals surface area contributed by atoms with Gasteiger partial charge in [-0.25, -0.2) is 8.42 Å². The van der Waals surface area contributed by atoms with Crippen molar-refractivity contribution in [1.29, 1.82) is 0 Å². The molecule has 0 radical (unpaired) electrons. The van der Waals surface area contributed by atoms with E-state index >= 15 is 0 Å². The van der Waals surface area contributed by atoms with Crippen molar-refractivity contribution < 1.29 is 13.2 Å². The predicted molar refractivity (Wildman–Crippen MR) is 96.8 cm³/mol. The summed E-state index contributed by atoms with van der Waals surface area (Å²) in [5.41, 5.74) is 2.39. The van der Waals surface area contributed by atoms with E-state index in [1.165, 1.54) is 12.8 Å². The van der Waals surface area contributed by atoms with Crippen LogP contribution in [0.25, 0.3) is 0 Å². The number of benzene rings is 2. The minimum Gasteiger partial charge on any atom is -0.490 e. The third kappa shape index (κ3) is 4.74. The number of sulfonamides is 1. The molecule has 2 aromatic rings. The SMILES string of the molecule is Cc1cccc(CS(=O)(=O)Nc2ccc(OC3CCCC3)cc2)c1. The van der Waals surface area contributed by atoms with Gasteiger partial charge in [0, 0.05) is 5.69 Å². The summed E-state index contributed by atoms with van der Waals surface area (Å²) in [6.07, 6.45) is 4.95. The number of aryl methyl sites for hydroxylation is 1. The molecule has 1 saturated carbocycles. The van der Waals surface area contributed by atoms with Crippen molar-refractivity contribution in [3.05, 3.63) is 59.7 Å². The molecule has 128 valence electrons. The molecule has 0 amide bonds. The number of anilines is 1. The highest BCUT2D eigenvalue weighted by molar-refractivity contribution is 7.91. The van der Waals surface area contributed by atoms with Crippen LogP contribution in [0.15, 0.2) is 48.5 Å². The molecule has 0 unspecified atom stereocenters. The van der Waals surface area contributed by atoms with E-state index in [1.54, 1.807) is 12.1 Å². The van der Waals surface area contributed by atoms with Crippen LogP contribution in [-0.2, 0) is 15.8 Å². The Bertz CT molecular complexity index is 779. The van der Waals surface area contributed by atoms with E-state index in [2.05, 4.69) is 4.72 Å². The number of hydrogen-bond donors (Lipinski definition) is 1. The fourth-order valence-electron chi connectivity index (χ4n) is 3.04. The molecule has 24 heavy (non-hydrogen) atoms. The number of ether oxygens (including phenoxy) is 1. The Morgan fingerprint density at radius 3 is 2.46 bits per heavy atom. The molecule has 0 aliphatic heterocycles. The molecule has 5 heteroatoms. The van der Waals surface area contributed by atoms with Gasteiger partial charge in [0.1, 0.15) is 5.75 Å². The fourth-order valence-corrected chi connectivity index (χ4v) is 4.22. The van der Waals surface area contributed by atoms with Crippen molar-refractivity contribution >= 4 is 15.7 Å². The van der Waals surface area contributed by atoms with Crippen LogP contribution in [0.4, 0.5) is 5.69 Å². The molecule has 0 heterocycles. The zero-order chi connectivity index (χ0) is 17.0. The van der Waals surface area contributed by atoms with E-state index < -0.39 is 10.0 Å². The van der Waals surface area contributed by atoms with Crippen molar-refractivity contribution in [3.8, 4) is 5.75 Å². The third-order valence-corrected chi connectivity index (χ3v) is 5.43. The molecule has 3 rings (SSSR count). The van der Waals surface area contributed by atoms with Gasteiger partial charge in [0.25, 0.3) is 0 Å². The van der Waals surface area contributed by atoms with Crippen LogP contribution in [0.1, 0.15) is 36.8 Å². The Kier molecular flexibility index (Phi) is 5.09. The fraction of sp³-hybridized carbons (Fsp3) is 0.368. The predicted octanol–water partition coefficient (Wildman–Crippen LogP) is 4.26. The minimum atomic E-state index is -3.43. The van der Waals surface area contributed by atoms with Crippen LogP contribution in [-0.4, -0.2) is 14.5 Å². The minimum absolute atomic E-state index is 0.0327. The maximum Gasteiger partial charge on any atom is 0.236 e. The quantitative estimate of drug-likeness (QED) is 0.851. The summed E-state index contributed by atoms with van der Waals surface area (Å²) >= 11 is 0. The molecule has 0 bridgehead atoms. The van der Waals surface area contributed by atoms with Gasteiger partial charge >= 0.3 is 0 Å². The molecule has 0 aromatic heterocycles. The van der Waals surface area contributed by atoms with Crippen molar-refractivity contribution in [2.24, 2.45) is 0 Å². The summed E-state index contributed by atoms with van der Waals surface area (Å²) in [7, 11) is -3.43. The lowest BCUT2D eigenvalue weighted by molar-refractivity contribution is 0.210.